The first-order valence-electron chi connectivity index (χ1n) is 8.25. The molecular formula is C19H17ClN4O2. The van der Waals surface area contributed by atoms with E-state index in [2.05, 4.69) is 9.97 Å². The summed E-state index contributed by atoms with van der Waals surface area (Å²) in [5.41, 5.74) is 1.76. The number of pyridine rings is 1. The molecule has 3 heterocycles. The van der Waals surface area contributed by atoms with Crippen molar-refractivity contribution in [1.29, 1.82) is 0 Å². The van der Waals surface area contributed by atoms with Gasteiger partial charge in [0.05, 0.1) is 13.2 Å². The van der Waals surface area contributed by atoms with Crippen molar-refractivity contribution in [2.45, 2.75) is 12.5 Å². The smallest absolute Gasteiger partial charge is 0.229 e. The number of anilines is 1. The first kappa shape index (κ1) is 16.6. The van der Waals surface area contributed by atoms with Gasteiger partial charge in [0.15, 0.2) is 0 Å². The summed E-state index contributed by atoms with van der Waals surface area (Å²) in [6, 6.07) is 11.1. The van der Waals surface area contributed by atoms with Gasteiger partial charge >= 0.3 is 0 Å². The molecule has 1 amide bonds. The third kappa shape index (κ3) is 3.04. The molecule has 0 aliphatic carbocycles. The first-order chi connectivity index (χ1) is 12.7. The van der Waals surface area contributed by atoms with Crippen LogP contribution in [-0.2, 0) is 4.79 Å². The van der Waals surface area contributed by atoms with Gasteiger partial charge in [-0.2, -0.15) is 0 Å². The van der Waals surface area contributed by atoms with E-state index in [-0.39, 0.29) is 11.9 Å². The Bertz CT molecular complexity index is 939. The highest BCUT2D eigenvalue weighted by molar-refractivity contribution is 6.30. The monoisotopic (exact) mass is 368 g/mol. The van der Waals surface area contributed by atoms with E-state index in [9.17, 15) is 4.79 Å². The minimum atomic E-state index is 0.00911. The predicted octanol–water partition coefficient (Wildman–Crippen LogP) is 3.59. The Balaban J connectivity index is 1.62. The van der Waals surface area contributed by atoms with E-state index in [1.807, 2.05) is 35.0 Å². The highest BCUT2D eigenvalue weighted by atomic mass is 35.5. The molecule has 1 unspecified atom stereocenters. The number of halogens is 1. The number of benzene rings is 1. The molecule has 1 aliphatic heterocycles. The van der Waals surface area contributed by atoms with Crippen LogP contribution in [-0.4, -0.2) is 34.1 Å². The number of aromatic nitrogens is 3. The van der Waals surface area contributed by atoms with Crippen LogP contribution in [0.25, 0.3) is 11.4 Å². The van der Waals surface area contributed by atoms with Crippen molar-refractivity contribution < 1.29 is 9.53 Å². The Labute approximate surface area is 156 Å². The highest BCUT2D eigenvalue weighted by Crippen LogP contribution is 2.32. The summed E-state index contributed by atoms with van der Waals surface area (Å²) < 4.78 is 7.24. The fraction of sp³-hybridized carbons (Fsp3) is 0.211. The summed E-state index contributed by atoms with van der Waals surface area (Å²) in [7, 11) is 1.58. The highest BCUT2D eigenvalue weighted by Gasteiger charge is 2.32. The van der Waals surface area contributed by atoms with Gasteiger partial charge in [-0.3, -0.25) is 4.79 Å². The molecule has 0 radical (unpaired) electrons. The average Bonchev–Trinajstić information content (AvgIpc) is 3.29. The van der Waals surface area contributed by atoms with Crippen LogP contribution in [0.5, 0.6) is 5.88 Å². The topological polar surface area (TPSA) is 60.3 Å². The van der Waals surface area contributed by atoms with Gasteiger partial charge in [0, 0.05) is 53.9 Å². The van der Waals surface area contributed by atoms with E-state index >= 15 is 0 Å². The lowest BCUT2D eigenvalue weighted by atomic mass is 10.2. The second-order valence-corrected chi connectivity index (χ2v) is 6.52. The number of amides is 1. The number of nitrogens with zero attached hydrogens (tertiary/aromatic N) is 4. The van der Waals surface area contributed by atoms with E-state index in [1.54, 1.807) is 36.5 Å². The zero-order chi connectivity index (χ0) is 18.1. The fourth-order valence-corrected chi connectivity index (χ4v) is 3.36. The Morgan fingerprint density at radius 3 is 2.73 bits per heavy atom. The molecule has 132 valence electrons. The third-order valence-corrected chi connectivity index (χ3v) is 4.76. The molecule has 1 atom stereocenters. The first-order valence-corrected chi connectivity index (χ1v) is 8.62. The lowest BCUT2D eigenvalue weighted by Crippen LogP contribution is -2.24. The normalized spacial score (nSPS) is 16.9. The lowest BCUT2D eigenvalue weighted by molar-refractivity contribution is -0.117. The minimum Gasteiger partial charge on any atom is -0.481 e. The lowest BCUT2D eigenvalue weighted by Gasteiger charge is -2.18. The molecule has 3 aromatic rings. The summed E-state index contributed by atoms with van der Waals surface area (Å²) in [6.45, 7) is 0.589. The molecule has 4 rings (SSSR count). The molecule has 1 fully saturated rings. The summed E-state index contributed by atoms with van der Waals surface area (Å²) in [6.07, 6.45) is 5.77. The average molecular weight is 369 g/mol. The molecule has 6 nitrogen and oxygen atoms in total. The van der Waals surface area contributed by atoms with Gasteiger partial charge in [-0.15, -0.1) is 0 Å². The Morgan fingerprint density at radius 2 is 1.96 bits per heavy atom. The van der Waals surface area contributed by atoms with Crippen molar-refractivity contribution in [2.75, 3.05) is 18.6 Å². The molecule has 0 saturated carbocycles. The van der Waals surface area contributed by atoms with Crippen LogP contribution in [0.4, 0.5) is 5.69 Å². The summed E-state index contributed by atoms with van der Waals surface area (Å²) >= 11 is 5.95. The number of hydrogen-bond donors (Lipinski definition) is 0. The van der Waals surface area contributed by atoms with E-state index in [1.165, 1.54) is 0 Å². The number of carbonyl (C=O) groups is 1. The Kier molecular flexibility index (Phi) is 4.34. The molecule has 0 N–H and O–H groups in total. The van der Waals surface area contributed by atoms with E-state index in [0.29, 0.717) is 23.9 Å². The van der Waals surface area contributed by atoms with Gasteiger partial charge in [-0.25, -0.2) is 9.97 Å². The molecule has 0 spiro atoms. The maximum absolute atomic E-state index is 12.5. The maximum atomic E-state index is 12.5. The third-order valence-electron chi connectivity index (χ3n) is 4.51. The van der Waals surface area contributed by atoms with Crippen LogP contribution in [0.3, 0.4) is 0 Å². The van der Waals surface area contributed by atoms with Gasteiger partial charge in [-0.1, -0.05) is 11.6 Å². The van der Waals surface area contributed by atoms with Crippen LogP contribution in [0.1, 0.15) is 12.5 Å². The van der Waals surface area contributed by atoms with Gasteiger partial charge in [-0.05, 0) is 30.3 Å². The molecular weight excluding hydrogens is 352 g/mol. The number of methoxy groups -OCH3 is 1. The van der Waals surface area contributed by atoms with Crippen molar-refractivity contribution in [1.82, 2.24) is 14.5 Å². The second-order valence-electron chi connectivity index (χ2n) is 6.08. The van der Waals surface area contributed by atoms with Crippen LogP contribution < -0.4 is 9.64 Å². The Hall–Kier alpha value is -2.86. The summed E-state index contributed by atoms with van der Waals surface area (Å²) in [5.74, 6) is 1.41. The Morgan fingerprint density at radius 1 is 1.15 bits per heavy atom. The molecule has 1 aliphatic rings. The molecule has 26 heavy (non-hydrogen) atoms. The zero-order valence-electron chi connectivity index (χ0n) is 14.2. The maximum Gasteiger partial charge on any atom is 0.229 e. The molecule has 1 saturated heterocycles. The second kappa shape index (κ2) is 6.80. The van der Waals surface area contributed by atoms with Crippen molar-refractivity contribution in [3.8, 4) is 17.3 Å². The van der Waals surface area contributed by atoms with Crippen LogP contribution in [0, 0.1) is 0 Å². The number of hydrogen-bond acceptors (Lipinski definition) is 4. The fourth-order valence-electron chi connectivity index (χ4n) is 3.24. The van der Waals surface area contributed by atoms with Crippen molar-refractivity contribution in [3.05, 3.63) is 60.0 Å². The van der Waals surface area contributed by atoms with Crippen LogP contribution in [0.2, 0.25) is 5.02 Å². The van der Waals surface area contributed by atoms with Crippen molar-refractivity contribution in [2.24, 2.45) is 0 Å². The van der Waals surface area contributed by atoms with Crippen LogP contribution >= 0.6 is 11.6 Å². The number of ether oxygens (including phenoxy) is 1. The quantitative estimate of drug-likeness (QED) is 0.706. The predicted molar refractivity (Wildman–Crippen MR) is 99.5 cm³/mol. The van der Waals surface area contributed by atoms with Crippen LogP contribution in [0.15, 0.2) is 55.0 Å². The van der Waals surface area contributed by atoms with Crippen molar-refractivity contribution >= 4 is 23.2 Å². The van der Waals surface area contributed by atoms with Crippen molar-refractivity contribution in [3.63, 3.8) is 0 Å². The number of imidazole rings is 1. The minimum absolute atomic E-state index is 0.00911. The molecule has 1 aromatic carbocycles. The molecule has 0 bridgehead atoms. The molecule has 2 aromatic heterocycles. The summed E-state index contributed by atoms with van der Waals surface area (Å²) in [4.78, 5) is 22.9. The van der Waals surface area contributed by atoms with Gasteiger partial charge in [0.2, 0.25) is 11.8 Å². The zero-order valence-corrected chi connectivity index (χ0v) is 14.9. The van der Waals surface area contributed by atoms with E-state index in [0.717, 1.165) is 17.1 Å². The standard InChI is InChI=1S/C19H17ClN4O2/c1-26-17-10-13(6-7-21-17)19-22-8-9-23(19)16-11-18(25)24(12-16)15-4-2-14(20)3-5-15/h2-10,16H,11-12H2,1H3. The van der Waals surface area contributed by atoms with Gasteiger partial charge < -0.3 is 14.2 Å². The molecule has 7 heteroatoms. The SMILES string of the molecule is COc1cc(-c2nccn2C2CC(=O)N(c3ccc(Cl)cc3)C2)ccn1. The largest absolute Gasteiger partial charge is 0.481 e. The van der Waals surface area contributed by atoms with E-state index < -0.39 is 0 Å². The summed E-state index contributed by atoms with van der Waals surface area (Å²) in [5, 5.41) is 0.653. The number of rotatable bonds is 4. The van der Waals surface area contributed by atoms with Gasteiger partial charge in [0.25, 0.3) is 0 Å². The van der Waals surface area contributed by atoms with Gasteiger partial charge in [0.1, 0.15) is 5.82 Å². The number of carbonyl (C=O) groups excluding carboxylic acids is 1. The van der Waals surface area contributed by atoms with E-state index in [4.69, 9.17) is 16.3 Å².